The Kier molecular flexibility index (Phi) is 4.31. The monoisotopic (exact) mass is 432 g/mol. The standard InChI is InChI=1S/C23H18BBrO3/c1-23(2)18-9-12(21(26)15-5-3-4-6-16(15)22(27)28)7-8-14(18)17-10-13(24)11-19(25)20(17)23/h3-11H,24H2,1-2H3,(H,27,28). The molecule has 1 aliphatic rings. The summed E-state index contributed by atoms with van der Waals surface area (Å²) >= 11 is 3.71. The second-order valence-electron chi connectivity index (χ2n) is 7.73. The number of benzene rings is 3. The predicted molar refractivity (Wildman–Crippen MR) is 117 cm³/mol. The Hall–Kier alpha value is -2.66. The second kappa shape index (κ2) is 6.45. The molecule has 0 heterocycles. The van der Waals surface area contributed by atoms with E-state index in [2.05, 4.69) is 49.8 Å². The lowest BCUT2D eigenvalue weighted by Crippen LogP contribution is -2.18. The van der Waals surface area contributed by atoms with Gasteiger partial charge in [0.15, 0.2) is 5.78 Å². The third kappa shape index (κ3) is 2.73. The van der Waals surface area contributed by atoms with Crippen LogP contribution < -0.4 is 5.46 Å². The van der Waals surface area contributed by atoms with Gasteiger partial charge in [0.05, 0.1) is 5.56 Å². The topological polar surface area (TPSA) is 54.4 Å². The van der Waals surface area contributed by atoms with E-state index < -0.39 is 5.97 Å². The Balaban J connectivity index is 1.87. The molecule has 0 aliphatic heterocycles. The van der Waals surface area contributed by atoms with E-state index in [0.717, 1.165) is 15.6 Å². The third-order valence-corrected chi connectivity index (χ3v) is 6.13. The molecule has 0 amide bonds. The van der Waals surface area contributed by atoms with E-state index in [0.29, 0.717) is 5.56 Å². The first-order chi connectivity index (χ1) is 13.2. The van der Waals surface area contributed by atoms with Crippen molar-refractivity contribution in [1.29, 1.82) is 0 Å². The van der Waals surface area contributed by atoms with Gasteiger partial charge in [-0.2, -0.15) is 0 Å². The van der Waals surface area contributed by atoms with Gasteiger partial charge in [-0.15, -0.1) is 0 Å². The van der Waals surface area contributed by atoms with Crippen molar-refractivity contribution in [1.82, 2.24) is 0 Å². The van der Waals surface area contributed by atoms with Crippen LogP contribution in [-0.4, -0.2) is 24.7 Å². The highest BCUT2D eigenvalue weighted by Gasteiger charge is 2.37. The Labute approximate surface area is 173 Å². The zero-order valence-corrected chi connectivity index (χ0v) is 17.4. The van der Waals surface area contributed by atoms with Crippen LogP contribution in [0.2, 0.25) is 0 Å². The first-order valence-corrected chi connectivity index (χ1v) is 9.83. The summed E-state index contributed by atoms with van der Waals surface area (Å²) in [6.07, 6.45) is 0. The number of aromatic carboxylic acids is 1. The number of ketones is 1. The van der Waals surface area contributed by atoms with Crippen LogP contribution in [0.1, 0.15) is 51.3 Å². The Bertz CT molecular complexity index is 1160. The van der Waals surface area contributed by atoms with Crippen LogP contribution in [0.25, 0.3) is 11.1 Å². The zero-order chi connectivity index (χ0) is 20.2. The molecule has 4 rings (SSSR count). The van der Waals surface area contributed by atoms with Crippen molar-refractivity contribution in [2.75, 3.05) is 0 Å². The number of carbonyl (C=O) groups is 2. The number of rotatable bonds is 3. The van der Waals surface area contributed by atoms with E-state index in [-0.39, 0.29) is 22.3 Å². The maximum Gasteiger partial charge on any atom is 0.336 e. The van der Waals surface area contributed by atoms with Crippen molar-refractivity contribution in [3.63, 3.8) is 0 Å². The quantitative estimate of drug-likeness (QED) is 0.503. The zero-order valence-electron chi connectivity index (χ0n) is 15.8. The van der Waals surface area contributed by atoms with E-state index in [1.807, 2.05) is 12.1 Å². The van der Waals surface area contributed by atoms with Gasteiger partial charge in [0.1, 0.15) is 7.85 Å². The molecule has 0 bridgehead atoms. The molecule has 0 atom stereocenters. The minimum atomic E-state index is -1.10. The average Bonchev–Trinajstić information content (AvgIpc) is 2.88. The van der Waals surface area contributed by atoms with Crippen LogP contribution in [0.5, 0.6) is 0 Å². The first kappa shape index (κ1) is 18.7. The molecule has 3 aromatic carbocycles. The van der Waals surface area contributed by atoms with Crippen molar-refractivity contribution < 1.29 is 14.7 Å². The minimum Gasteiger partial charge on any atom is -0.478 e. The molecule has 0 saturated heterocycles. The molecule has 1 aliphatic carbocycles. The number of carboxylic acid groups (broad SMARTS) is 1. The van der Waals surface area contributed by atoms with Crippen molar-refractivity contribution in [2.45, 2.75) is 19.3 Å². The number of hydrogen-bond acceptors (Lipinski definition) is 2. The van der Waals surface area contributed by atoms with Gasteiger partial charge in [0.2, 0.25) is 0 Å². The summed E-state index contributed by atoms with van der Waals surface area (Å²) in [6.45, 7) is 4.30. The van der Waals surface area contributed by atoms with Gasteiger partial charge in [0, 0.05) is 21.0 Å². The fraction of sp³-hybridized carbons (Fsp3) is 0.130. The van der Waals surface area contributed by atoms with Gasteiger partial charge in [0.25, 0.3) is 0 Å². The lowest BCUT2D eigenvalue weighted by molar-refractivity contribution is 0.0693. The van der Waals surface area contributed by atoms with Gasteiger partial charge >= 0.3 is 5.97 Å². The summed E-state index contributed by atoms with van der Waals surface area (Å²) in [5.41, 5.74) is 6.22. The molecular formula is C23H18BBrO3. The van der Waals surface area contributed by atoms with E-state index in [9.17, 15) is 14.7 Å². The fourth-order valence-corrected chi connectivity index (χ4v) is 5.26. The predicted octanol–water partition coefficient (Wildman–Crippen LogP) is 3.94. The van der Waals surface area contributed by atoms with Crippen LogP contribution in [0, 0.1) is 0 Å². The highest BCUT2D eigenvalue weighted by atomic mass is 79.9. The van der Waals surface area contributed by atoms with E-state index in [1.54, 1.807) is 24.3 Å². The van der Waals surface area contributed by atoms with Gasteiger partial charge in [-0.3, -0.25) is 4.79 Å². The summed E-state index contributed by atoms with van der Waals surface area (Å²) in [4.78, 5) is 24.6. The Morgan fingerprint density at radius 2 is 1.64 bits per heavy atom. The summed E-state index contributed by atoms with van der Waals surface area (Å²) in [6, 6.07) is 16.3. The second-order valence-corrected chi connectivity index (χ2v) is 8.59. The maximum absolute atomic E-state index is 13.1. The van der Waals surface area contributed by atoms with Crippen molar-refractivity contribution in [2.24, 2.45) is 0 Å². The summed E-state index contributed by atoms with van der Waals surface area (Å²) in [7, 11) is 2.07. The lowest BCUT2D eigenvalue weighted by Gasteiger charge is -2.23. The number of halogens is 1. The van der Waals surface area contributed by atoms with Crippen molar-refractivity contribution in [3.05, 3.63) is 86.9 Å². The van der Waals surface area contributed by atoms with Crippen molar-refractivity contribution >= 4 is 41.0 Å². The number of hydrogen-bond donors (Lipinski definition) is 1. The summed E-state index contributed by atoms with van der Waals surface area (Å²) < 4.78 is 1.06. The minimum absolute atomic E-state index is 0.0221. The summed E-state index contributed by atoms with van der Waals surface area (Å²) in [5.74, 6) is -1.37. The largest absolute Gasteiger partial charge is 0.478 e. The molecule has 1 N–H and O–H groups in total. The van der Waals surface area contributed by atoms with Crippen LogP contribution in [0.3, 0.4) is 0 Å². The van der Waals surface area contributed by atoms with Gasteiger partial charge in [-0.05, 0) is 34.4 Å². The third-order valence-electron chi connectivity index (χ3n) is 5.51. The molecule has 28 heavy (non-hydrogen) atoms. The molecule has 5 heteroatoms. The van der Waals surface area contributed by atoms with Gasteiger partial charge < -0.3 is 5.11 Å². The normalized spacial score (nSPS) is 13.7. The SMILES string of the molecule is Bc1cc(Br)c2c(c1)-c1ccc(C(=O)c3ccccc3C(=O)O)cc1C2(C)C. The molecule has 3 aromatic rings. The molecule has 3 nitrogen and oxygen atoms in total. The summed E-state index contributed by atoms with van der Waals surface area (Å²) in [5, 5.41) is 9.42. The lowest BCUT2D eigenvalue weighted by atomic mass is 9.80. The molecule has 0 radical (unpaired) electrons. The van der Waals surface area contributed by atoms with Gasteiger partial charge in [-0.25, -0.2) is 4.79 Å². The number of carboxylic acids is 1. The molecule has 0 spiro atoms. The van der Waals surface area contributed by atoms with Crippen LogP contribution >= 0.6 is 15.9 Å². The highest BCUT2D eigenvalue weighted by molar-refractivity contribution is 9.10. The number of fused-ring (bicyclic) bond motifs is 3. The van der Waals surface area contributed by atoms with Gasteiger partial charge in [-0.1, -0.05) is 77.7 Å². The van der Waals surface area contributed by atoms with E-state index >= 15 is 0 Å². The molecule has 0 fully saturated rings. The van der Waals surface area contributed by atoms with Crippen LogP contribution in [0.15, 0.2) is 59.1 Å². The average molecular weight is 433 g/mol. The molecule has 0 aromatic heterocycles. The number of carbonyl (C=O) groups excluding carboxylic acids is 1. The smallest absolute Gasteiger partial charge is 0.336 e. The molecule has 138 valence electrons. The maximum atomic E-state index is 13.1. The molecular weight excluding hydrogens is 415 g/mol. The highest BCUT2D eigenvalue weighted by Crippen LogP contribution is 2.51. The van der Waals surface area contributed by atoms with E-state index in [4.69, 9.17) is 0 Å². The molecule has 0 saturated carbocycles. The Morgan fingerprint density at radius 3 is 2.32 bits per heavy atom. The van der Waals surface area contributed by atoms with Crippen LogP contribution in [0.4, 0.5) is 0 Å². The Morgan fingerprint density at radius 1 is 0.964 bits per heavy atom. The first-order valence-electron chi connectivity index (χ1n) is 9.04. The van der Waals surface area contributed by atoms with Crippen LogP contribution in [-0.2, 0) is 5.41 Å². The van der Waals surface area contributed by atoms with E-state index in [1.165, 1.54) is 22.7 Å². The fourth-order valence-electron chi connectivity index (χ4n) is 4.19. The molecule has 0 unspecified atom stereocenters. The van der Waals surface area contributed by atoms with Crippen molar-refractivity contribution in [3.8, 4) is 11.1 Å².